The fourth-order valence-electron chi connectivity index (χ4n) is 4.04. The van der Waals surface area contributed by atoms with E-state index in [0.717, 1.165) is 35.9 Å². The van der Waals surface area contributed by atoms with E-state index < -0.39 is 0 Å². The van der Waals surface area contributed by atoms with Gasteiger partial charge in [-0.1, -0.05) is 13.0 Å². The van der Waals surface area contributed by atoms with Crippen LogP contribution in [0.15, 0.2) is 30.7 Å². The molecule has 0 amide bonds. The van der Waals surface area contributed by atoms with Crippen molar-refractivity contribution in [2.75, 3.05) is 18.6 Å². The number of rotatable bonds is 3. The molecular formula is C19H25N5O. The van der Waals surface area contributed by atoms with Gasteiger partial charge in [-0.25, -0.2) is 15.0 Å². The van der Waals surface area contributed by atoms with Crippen molar-refractivity contribution in [2.45, 2.75) is 50.8 Å². The molecule has 0 aliphatic carbocycles. The molecule has 25 heavy (non-hydrogen) atoms. The Morgan fingerprint density at radius 2 is 2.16 bits per heavy atom. The number of nitrogens with one attached hydrogen (secondary N) is 1. The second kappa shape index (κ2) is 5.75. The van der Waals surface area contributed by atoms with Gasteiger partial charge >= 0.3 is 0 Å². The van der Waals surface area contributed by atoms with Crippen LogP contribution in [0.4, 0.5) is 11.6 Å². The van der Waals surface area contributed by atoms with E-state index >= 15 is 0 Å². The number of nitrogens with zero attached hydrogens (tertiary/aromatic N) is 4. The predicted octanol–water partition coefficient (Wildman–Crippen LogP) is 2.57. The molecule has 2 aliphatic rings. The number of pyridine rings is 1. The minimum Gasteiger partial charge on any atom is -0.374 e. The van der Waals surface area contributed by atoms with E-state index in [2.05, 4.69) is 53.1 Å². The van der Waals surface area contributed by atoms with Crippen LogP contribution in [0.2, 0.25) is 0 Å². The van der Waals surface area contributed by atoms with Crippen molar-refractivity contribution in [2.24, 2.45) is 0 Å². The SMILES string of the molecule is CNCc1cccc(N2c3ncncc3[C@]3(C)COC(C)(C)C[C@H]23)n1. The van der Waals surface area contributed by atoms with E-state index in [1.54, 1.807) is 6.33 Å². The predicted molar refractivity (Wildman–Crippen MR) is 97.0 cm³/mol. The van der Waals surface area contributed by atoms with Gasteiger partial charge in [0.05, 0.1) is 23.9 Å². The first kappa shape index (κ1) is 16.4. The van der Waals surface area contributed by atoms with Gasteiger partial charge in [-0.15, -0.1) is 0 Å². The van der Waals surface area contributed by atoms with Crippen molar-refractivity contribution in [3.05, 3.63) is 42.0 Å². The first-order valence-electron chi connectivity index (χ1n) is 8.79. The lowest BCUT2D eigenvalue weighted by Crippen LogP contribution is -2.54. The molecule has 2 aromatic rings. The maximum absolute atomic E-state index is 6.17. The summed E-state index contributed by atoms with van der Waals surface area (Å²) in [7, 11) is 1.94. The summed E-state index contributed by atoms with van der Waals surface area (Å²) in [4.78, 5) is 16.1. The quantitative estimate of drug-likeness (QED) is 0.927. The van der Waals surface area contributed by atoms with E-state index in [-0.39, 0.29) is 17.1 Å². The third kappa shape index (κ3) is 2.60. The zero-order valence-electron chi connectivity index (χ0n) is 15.3. The van der Waals surface area contributed by atoms with Crippen LogP contribution >= 0.6 is 0 Å². The van der Waals surface area contributed by atoms with E-state index in [1.807, 2.05) is 19.3 Å². The zero-order chi connectivity index (χ0) is 17.7. The van der Waals surface area contributed by atoms with Crippen LogP contribution in [0.25, 0.3) is 0 Å². The van der Waals surface area contributed by atoms with Crippen molar-refractivity contribution < 1.29 is 4.74 Å². The summed E-state index contributed by atoms with van der Waals surface area (Å²) in [5.41, 5.74) is 1.87. The fourth-order valence-corrected chi connectivity index (χ4v) is 4.04. The molecule has 6 heteroatoms. The average molecular weight is 339 g/mol. The molecule has 4 heterocycles. The minimum absolute atomic E-state index is 0.132. The van der Waals surface area contributed by atoms with Gasteiger partial charge in [-0.3, -0.25) is 0 Å². The molecule has 2 aromatic heterocycles. The van der Waals surface area contributed by atoms with Gasteiger partial charge in [-0.2, -0.15) is 0 Å². The molecule has 1 fully saturated rings. The van der Waals surface area contributed by atoms with Crippen LogP contribution in [0, 0.1) is 0 Å². The van der Waals surface area contributed by atoms with Crippen molar-refractivity contribution in [1.82, 2.24) is 20.3 Å². The summed E-state index contributed by atoms with van der Waals surface area (Å²) in [5.74, 6) is 1.90. The normalized spacial score (nSPS) is 27.0. The molecule has 0 saturated carbocycles. The average Bonchev–Trinajstić information content (AvgIpc) is 2.84. The Hall–Kier alpha value is -2.05. The number of ether oxygens (including phenoxy) is 1. The number of fused-ring (bicyclic) bond motifs is 3. The molecular weight excluding hydrogens is 314 g/mol. The molecule has 2 aliphatic heterocycles. The number of anilines is 2. The summed E-state index contributed by atoms with van der Waals surface area (Å²) < 4.78 is 6.17. The van der Waals surface area contributed by atoms with E-state index in [0.29, 0.717) is 6.61 Å². The highest BCUT2D eigenvalue weighted by Gasteiger charge is 2.55. The molecule has 1 saturated heterocycles. The molecule has 2 atom stereocenters. The van der Waals surface area contributed by atoms with Gasteiger partial charge in [0.2, 0.25) is 0 Å². The molecule has 0 unspecified atom stereocenters. The Morgan fingerprint density at radius 3 is 2.96 bits per heavy atom. The summed E-state index contributed by atoms with van der Waals surface area (Å²) in [5, 5.41) is 3.17. The highest BCUT2D eigenvalue weighted by atomic mass is 16.5. The van der Waals surface area contributed by atoms with E-state index in [9.17, 15) is 0 Å². The minimum atomic E-state index is -0.166. The van der Waals surface area contributed by atoms with Gasteiger partial charge in [0.1, 0.15) is 18.0 Å². The highest BCUT2D eigenvalue weighted by Crippen LogP contribution is 2.52. The second-order valence-corrected chi connectivity index (χ2v) is 7.83. The summed E-state index contributed by atoms with van der Waals surface area (Å²) in [6, 6.07) is 6.43. The van der Waals surface area contributed by atoms with Crippen molar-refractivity contribution >= 4 is 11.6 Å². The molecule has 0 radical (unpaired) electrons. The largest absolute Gasteiger partial charge is 0.374 e. The summed E-state index contributed by atoms with van der Waals surface area (Å²) in [6.07, 6.45) is 4.47. The van der Waals surface area contributed by atoms with Crippen LogP contribution in [-0.2, 0) is 16.7 Å². The lowest BCUT2D eigenvalue weighted by molar-refractivity contribution is -0.0893. The Labute approximate surface area is 148 Å². The summed E-state index contributed by atoms with van der Waals surface area (Å²) >= 11 is 0. The van der Waals surface area contributed by atoms with Crippen LogP contribution in [0.5, 0.6) is 0 Å². The first-order chi connectivity index (χ1) is 11.9. The Morgan fingerprint density at radius 1 is 1.32 bits per heavy atom. The number of aromatic nitrogens is 3. The molecule has 132 valence electrons. The third-order valence-electron chi connectivity index (χ3n) is 5.43. The van der Waals surface area contributed by atoms with Gasteiger partial charge in [-0.05, 0) is 39.4 Å². The Balaban J connectivity index is 1.84. The third-order valence-corrected chi connectivity index (χ3v) is 5.43. The zero-order valence-corrected chi connectivity index (χ0v) is 15.3. The summed E-state index contributed by atoms with van der Waals surface area (Å²) in [6.45, 7) is 7.98. The van der Waals surface area contributed by atoms with Crippen LogP contribution < -0.4 is 10.2 Å². The van der Waals surface area contributed by atoms with E-state index in [1.165, 1.54) is 0 Å². The lowest BCUT2D eigenvalue weighted by atomic mass is 9.73. The van der Waals surface area contributed by atoms with Crippen LogP contribution in [-0.4, -0.2) is 40.2 Å². The molecule has 1 N–H and O–H groups in total. The maximum atomic E-state index is 6.17. The van der Waals surface area contributed by atoms with Crippen molar-refractivity contribution in [3.63, 3.8) is 0 Å². The Bertz CT molecular complexity index is 793. The molecule has 6 nitrogen and oxygen atoms in total. The first-order valence-corrected chi connectivity index (χ1v) is 8.79. The number of hydrogen-bond donors (Lipinski definition) is 1. The lowest BCUT2D eigenvalue weighted by Gasteiger charge is -2.46. The number of hydrogen-bond acceptors (Lipinski definition) is 6. The molecule has 0 bridgehead atoms. The monoisotopic (exact) mass is 339 g/mol. The van der Waals surface area contributed by atoms with Crippen LogP contribution in [0.3, 0.4) is 0 Å². The fraction of sp³-hybridized carbons (Fsp3) is 0.526. The standard InChI is InChI=1S/C19H25N5O/c1-18(2)8-15-19(3,11-25-18)14-10-21-12-22-17(14)24(15)16-7-5-6-13(23-16)9-20-4/h5-7,10,12,15,20H,8-9,11H2,1-4H3/t15-,19-/m0/s1. The Kier molecular flexibility index (Phi) is 3.77. The smallest absolute Gasteiger partial charge is 0.141 e. The molecule has 4 rings (SSSR count). The molecule has 0 spiro atoms. The maximum Gasteiger partial charge on any atom is 0.141 e. The van der Waals surface area contributed by atoms with Crippen molar-refractivity contribution in [3.8, 4) is 0 Å². The topological polar surface area (TPSA) is 63.2 Å². The van der Waals surface area contributed by atoms with Crippen molar-refractivity contribution in [1.29, 1.82) is 0 Å². The van der Waals surface area contributed by atoms with E-state index in [4.69, 9.17) is 9.72 Å². The van der Waals surface area contributed by atoms with Gasteiger partial charge < -0.3 is 15.0 Å². The highest BCUT2D eigenvalue weighted by molar-refractivity contribution is 5.68. The van der Waals surface area contributed by atoms with Gasteiger partial charge in [0.15, 0.2) is 0 Å². The van der Waals surface area contributed by atoms with Gasteiger partial charge in [0, 0.05) is 23.7 Å². The second-order valence-electron chi connectivity index (χ2n) is 7.83. The molecule has 0 aromatic carbocycles. The van der Waals surface area contributed by atoms with Crippen LogP contribution in [0.1, 0.15) is 38.4 Å². The van der Waals surface area contributed by atoms with Gasteiger partial charge in [0.25, 0.3) is 0 Å².